The van der Waals surface area contributed by atoms with Gasteiger partial charge in [0.1, 0.15) is 0 Å². The molecule has 0 atom stereocenters. The van der Waals surface area contributed by atoms with E-state index in [-0.39, 0.29) is 18.2 Å². The molecule has 0 unspecified atom stereocenters. The van der Waals surface area contributed by atoms with E-state index in [0.29, 0.717) is 6.54 Å². The van der Waals surface area contributed by atoms with Crippen LogP contribution in [0.3, 0.4) is 0 Å². The summed E-state index contributed by atoms with van der Waals surface area (Å²) in [4.78, 5) is 24.9. The summed E-state index contributed by atoms with van der Waals surface area (Å²) in [6, 6.07) is 23.6. The second kappa shape index (κ2) is 9.59. The maximum Gasteiger partial charge on any atom is 0.244 e. The summed E-state index contributed by atoms with van der Waals surface area (Å²) in [5.74, 6) is -0.342. The number of thioether (sulfide) groups is 1. The standard InChI is InChI=1S/C22H20N2O2S/c25-21(13-15-27-20-8-2-1-3-9-20)23-14-12-22(26)24-19-11-10-17-6-4-5-7-18(17)16-19/h1-11,13,15-16H,12,14H2,(H,23,25)(H,24,26)/b15-13+. The Hall–Kier alpha value is -3.05. The maximum absolute atomic E-state index is 12.0. The summed E-state index contributed by atoms with van der Waals surface area (Å²) in [6.45, 7) is 0.290. The summed E-state index contributed by atoms with van der Waals surface area (Å²) < 4.78 is 0. The number of carbonyl (C=O) groups excluding carboxylic acids is 2. The van der Waals surface area contributed by atoms with Gasteiger partial charge < -0.3 is 10.6 Å². The molecule has 136 valence electrons. The first-order valence-electron chi connectivity index (χ1n) is 8.65. The van der Waals surface area contributed by atoms with E-state index in [1.807, 2.05) is 72.8 Å². The SMILES string of the molecule is O=C(/C=C/Sc1ccccc1)NCCC(=O)Nc1ccc2ccccc2c1. The molecule has 2 N–H and O–H groups in total. The Morgan fingerprint density at radius 2 is 1.63 bits per heavy atom. The minimum absolute atomic E-state index is 0.131. The molecule has 0 aliphatic heterocycles. The number of hydrogen-bond donors (Lipinski definition) is 2. The fourth-order valence-electron chi connectivity index (χ4n) is 2.52. The zero-order valence-electron chi connectivity index (χ0n) is 14.7. The highest BCUT2D eigenvalue weighted by atomic mass is 32.2. The highest BCUT2D eigenvalue weighted by molar-refractivity contribution is 8.02. The first-order valence-corrected chi connectivity index (χ1v) is 9.53. The predicted molar refractivity (Wildman–Crippen MR) is 112 cm³/mol. The van der Waals surface area contributed by atoms with Crippen LogP contribution in [-0.4, -0.2) is 18.4 Å². The van der Waals surface area contributed by atoms with Gasteiger partial charge in [-0.05, 0) is 40.4 Å². The van der Waals surface area contributed by atoms with E-state index >= 15 is 0 Å². The van der Waals surface area contributed by atoms with E-state index in [9.17, 15) is 9.59 Å². The number of rotatable bonds is 7. The molecule has 4 nitrogen and oxygen atoms in total. The van der Waals surface area contributed by atoms with Crippen molar-refractivity contribution < 1.29 is 9.59 Å². The Kier molecular flexibility index (Phi) is 6.66. The predicted octanol–water partition coefficient (Wildman–Crippen LogP) is 4.59. The Labute approximate surface area is 162 Å². The topological polar surface area (TPSA) is 58.2 Å². The Morgan fingerprint density at radius 1 is 0.889 bits per heavy atom. The lowest BCUT2D eigenvalue weighted by atomic mass is 10.1. The van der Waals surface area contributed by atoms with Crippen LogP contribution in [0.4, 0.5) is 5.69 Å². The Morgan fingerprint density at radius 3 is 2.44 bits per heavy atom. The number of benzene rings is 3. The molecule has 0 spiro atoms. The van der Waals surface area contributed by atoms with Crippen molar-refractivity contribution in [1.82, 2.24) is 5.32 Å². The van der Waals surface area contributed by atoms with E-state index in [1.54, 1.807) is 5.41 Å². The quantitative estimate of drug-likeness (QED) is 0.468. The molecule has 0 radical (unpaired) electrons. The summed E-state index contributed by atoms with van der Waals surface area (Å²) in [5, 5.41) is 9.51. The third kappa shape index (κ3) is 6.01. The van der Waals surface area contributed by atoms with Crippen LogP contribution in [0.5, 0.6) is 0 Å². The monoisotopic (exact) mass is 376 g/mol. The molecule has 0 aliphatic carbocycles. The lowest BCUT2D eigenvalue weighted by Gasteiger charge is -2.07. The van der Waals surface area contributed by atoms with Crippen molar-refractivity contribution in [3.63, 3.8) is 0 Å². The second-order valence-corrected chi connectivity index (χ2v) is 6.86. The van der Waals surface area contributed by atoms with E-state index in [2.05, 4.69) is 10.6 Å². The average Bonchev–Trinajstić information content (AvgIpc) is 2.69. The summed E-state index contributed by atoms with van der Waals surface area (Å²) >= 11 is 1.47. The fourth-order valence-corrected chi connectivity index (χ4v) is 3.19. The number of nitrogens with one attached hydrogen (secondary N) is 2. The van der Waals surface area contributed by atoms with Gasteiger partial charge in [0, 0.05) is 29.6 Å². The highest BCUT2D eigenvalue weighted by Crippen LogP contribution is 2.19. The van der Waals surface area contributed by atoms with Crippen molar-refractivity contribution >= 4 is 40.0 Å². The van der Waals surface area contributed by atoms with Gasteiger partial charge in [-0.15, -0.1) is 0 Å². The van der Waals surface area contributed by atoms with Gasteiger partial charge in [-0.1, -0.05) is 60.3 Å². The molecule has 0 aliphatic rings. The molecule has 27 heavy (non-hydrogen) atoms. The van der Waals surface area contributed by atoms with Gasteiger partial charge in [0.15, 0.2) is 0 Å². The number of fused-ring (bicyclic) bond motifs is 1. The molecule has 0 heterocycles. The van der Waals surface area contributed by atoms with Gasteiger partial charge in [0.25, 0.3) is 0 Å². The van der Waals surface area contributed by atoms with Crippen molar-refractivity contribution in [3.8, 4) is 0 Å². The van der Waals surface area contributed by atoms with Crippen molar-refractivity contribution in [1.29, 1.82) is 0 Å². The number of anilines is 1. The third-order valence-corrected chi connectivity index (χ3v) is 4.67. The van der Waals surface area contributed by atoms with Crippen molar-refractivity contribution in [3.05, 3.63) is 84.3 Å². The van der Waals surface area contributed by atoms with Crippen molar-refractivity contribution in [2.24, 2.45) is 0 Å². The molecule has 0 saturated heterocycles. The molecule has 3 aromatic carbocycles. The number of amides is 2. The largest absolute Gasteiger partial charge is 0.352 e. The molecular formula is C22H20N2O2S. The van der Waals surface area contributed by atoms with Crippen molar-refractivity contribution in [2.45, 2.75) is 11.3 Å². The molecule has 3 aromatic rings. The molecule has 0 fully saturated rings. The molecule has 2 amide bonds. The van der Waals surface area contributed by atoms with Crippen LogP contribution >= 0.6 is 11.8 Å². The first-order chi connectivity index (χ1) is 13.2. The molecule has 3 rings (SSSR count). The van der Waals surface area contributed by atoms with E-state index in [1.165, 1.54) is 17.8 Å². The lowest BCUT2D eigenvalue weighted by Crippen LogP contribution is -2.26. The lowest BCUT2D eigenvalue weighted by molar-refractivity contribution is -0.117. The number of carbonyl (C=O) groups is 2. The minimum Gasteiger partial charge on any atom is -0.352 e. The third-order valence-electron chi connectivity index (χ3n) is 3.85. The maximum atomic E-state index is 12.0. The fraction of sp³-hybridized carbons (Fsp3) is 0.0909. The Bertz CT molecular complexity index is 955. The van der Waals surface area contributed by atoms with Crippen LogP contribution in [0.15, 0.2) is 89.2 Å². The van der Waals surface area contributed by atoms with Gasteiger partial charge in [0.2, 0.25) is 11.8 Å². The molecular weight excluding hydrogens is 356 g/mol. The average molecular weight is 376 g/mol. The zero-order valence-corrected chi connectivity index (χ0v) is 15.5. The van der Waals surface area contributed by atoms with E-state index in [4.69, 9.17) is 0 Å². The summed E-state index contributed by atoms with van der Waals surface area (Å²) in [6.07, 6.45) is 1.69. The van der Waals surface area contributed by atoms with Gasteiger partial charge in [-0.2, -0.15) is 0 Å². The van der Waals surface area contributed by atoms with Crippen molar-refractivity contribution in [2.75, 3.05) is 11.9 Å². The van der Waals surface area contributed by atoms with Gasteiger partial charge >= 0.3 is 0 Å². The Balaban J connectivity index is 1.40. The second-order valence-electron chi connectivity index (χ2n) is 5.88. The molecule has 0 bridgehead atoms. The van der Waals surface area contributed by atoms with E-state index < -0.39 is 0 Å². The molecule has 5 heteroatoms. The summed E-state index contributed by atoms with van der Waals surface area (Å²) in [7, 11) is 0. The van der Waals surface area contributed by atoms with Gasteiger partial charge in [-0.3, -0.25) is 9.59 Å². The van der Waals surface area contributed by atoms with Crippen LogP contribution in [0.1, 0.15) is 6.42 Å². The molecule has 0 aromatic heterocycles. The van der Waals surface area contributed by atoms with Gasteiger partial charge in [0.05, 0.1) is 0 Å². The zero-order chi connectivity index (χ0) is 18.9. The van der Waals surface area contributed by atoms with Crippen LogP contribution in [0.2, 0.25) is 0 Å². The van der Waals surface area contributed by atoms with Crippen LogP contribution in [0, 0.1) is 0 Å². The highest BCUT2D eigenvalue weighted by Gasteiger charge is 2.04. The van der Waals surface area contributed by atoms with Gasteiger partial charge in [-0.25, -0.2) is 0 Å². The normalized spacial score (nSPS) is 10.8. The smallest absolute Gasteiger partial charge is 0.244 e. The number of hydrogen-bond acceptors (Lipinski definition) is 3. The van der Waals surface area contributed by atoms with E-state index in [0.717, 1.165) is 21.4 Å². The first kappa shape index (κ1) is 18.7. The van der Waals surface area contributed by atoms with Crippen LogP contribution < -0.4 is 10.6 Å². The summed E-state index contributed by atoms with van der Waals surface area (Å²) in [5.41, 5.74) is 0.754. The van der Waals surface area contributed by atoms with Crippen LogP contribution in [-0.2, 0) is 9.59 Å². The molecule has 0 saturated carbocycles. The minimum atomic E-state index is -0.211. The van der Waals surface area contributed by atoms with Crippen LogP contribution in [0.25, 0.3) is 10.8 Å².